The first-order chi connectivity index (χ1) is 10.7. The molecule has 1 amide bonds. The molecule has 124 valence electrons. The predicted molar refractivity (Wildman–Crippen MR) is 98.7 cm³/mol. The lowest BCUT2D eigenvalue weighted by Gasteiger charge is -2.24. The lowest BCUT2D eigenvalue weighted by molar-refractivity contribution is -0.127. The molecule has 1 aromatic heterocycles. The first-order valence-electron chi connectivity index (χ1n) is 7.27. The first kappa shape index (κ1) is 18.2. The number of hydrogen-bond acceptors (Lipinski definition) is 4. The fraction of sp³-hybridized carbons (Fsp3) is 0.412. The third-order valence-corrected chi connectivity index (χ3v) is 4.65. The Morgan fingerprint density at radius 3 is 2.65 bits per heavy atom. The van der Waals surface area contributed by atoms with Gasteiger partial charge in [0.2, 0.25) is 0 Å². The summed E-state index contributed by atoms with van der Waals surface area (Å²) in [4.78, 5) is 17.7. The average molecular weight is 397 g/mol. The van der Waals surface area contributed by atoms with Crippen LogP contribution in [0.1, 0.15) is 26.3 Å². The largest absolute Gasteiger partial charge is 0.360 e. The molecule has 0 fully saturated rings. The second-order valence-corrected chi connectivity index (χ2v) is 8.44. The molecule has 0 bridgehead atoms. The van der Waals surface area contributed by atoms with Crippen molar-refractivity contribution in [2.24, 2.45) is 0 Å². The van der Waals surface area contributed by atoms with Crippen LogP contribution in [0.3, 0.4) is 0 Å². The highest BCUT2D eigenvalue weighted by molar-refractivity contribution is 9.10. The Morgan fingerprint density at radius 1 is 1.35 bits per heavy atom. The van der Waals surface area contributed by atoms with E-state index in [4.69, 9.17) is 4.74 Å². The summed E-state index contributed by atoms with van der Waals surface area (Å²) in [6.07, 6.45) is 1.79. The van der Waals surface area contributed by atoms with Crippen LogP contribution < -0.4 is 5.32 Å². The molecule has 0 saturated heterocycles. The Bertz CT molecular complexity index is 728. The number of halogens is 1. The standard InChI is InChI=1S/C17H21BrN2O2S/c1-10-6-13(8-11-7-12(18)9-19-14(10)11)23-16(22-5)15(21)20-17(2,3)4/h6-9,16H,1-5H3,(H,20,21). The monoisotopic (exact) mass is 396 g/mol. The zero-order valence-electron chi connectivity index (χ0n) is 13.9. The highest BCUT2D eigenvalue weighted by atomic mass is 79.9. The third kappa shape index (κ3) is 4.93. The maximum atomic E-state index is 12.3. The lowest BCUT2D eigenvalue weighted by Crippen LogP contribution is -2.45. The molecule has 1 N–H and O–H groups in total. The van der Waals surface area contributed by atoms with Crippen LogP contribution in [0.25, 0.3) is 10.9 Å². The minimum absolute atomic E-state index is 0.130. The molecule has 0 aliphatic rings. The Balaban J connectivity index is 2.27. The molecule has 23 heavy (non-hydrogen) atoms. The van der Waals surface area contributed by atoms with Crippen molar-refractivity contribution in [1.82, 2.24) is 10.3 Å². The zero-order chi connectivity index (χ0) is 17.2. The van der Waals surface area contributed by atoms with E-state index in [0.717, 1.165) is 25.8 Å². The number of fused-ring (bicyclic) bond motifs is 1. The number of amides is 1. The van der Waals surface area contributed by atoms with Gasteiger partial charge in [-0.3, -0.25) is 9.78 Å². The fourth-order valence-electron chi connectivity index (χ4n) is 2.20. The van der Waals surface area contributed by atoms with Gasteiger partial charge in [-0.15, -0.1) is 0 Å². The summed E-state index contributed by atoms with van der Waals surface area (Å²) in [5, 5.41) is 3.98. The van der Waals surface area contributed by atoms with Crippen LogP contribution in [0.15, 0.2) is 33.8 Å². The molecular formula is C17H21BrN2O2S. The molecule has 2 rings (SSSR count). The van der Waals surface area contributed by atoms with E-state index in [9.17, 15) is 4.79 Å². The molecule has 1 aromatic carbocycles. The van der Waals surface area contributed by atoms with Gasteiger partial charge in [0.05, 0.1) is 5.52 Å². The van der Waals surface area contributed by atoms with Crippen LogP contribution in [0.2, 0.25) is 0 Å². The number of nitrogens with one attached hydrogen (secondary N) is 1. The van der Waals surface area contributed by atoms with Crippen LogP contribution in [0.5, 0.6) is 0 Å². The quantitative estimate of drug-likeness (QED) is 0.618. The minimum atomic E-state index is -0.591. The Labute approximate surface area is 149 Å². The normalized spacial score (nSPS) is 13.1. The summed E-state index contributed by atoms with van der Waals surface area (Å²) >= 11 is 4.84. The average Bonchev–Trinajstić information content (AvgIpc) is 2.42. The van der Waals surface area contributed by atoms with Crippen molar-refractivity contribution in [3.8, 4) is 0 Å². The summed E-state index contributed by atoms with van der Waals surface area (Å²) in [5.41, 5.74) is 1.16. The van der Waals surface area contributed by atoms with Gasteiger partial charge in [0.25, 0.3) is 5.91 Å². The van der Waals surface area contributed by atoms with E-state index in [1.54, 1.807) is 13.3 Å². The van der Waals surface area contributed by atoms with Gasteiger partial charge in [-0.1, -0.05) is 11.8 Å². The number of benzene rings is 1. The first-order valence-corrected chi connectivity index (χ1v) is 8.94. The van der Waals surface area contributed by atoms with Crippen LogP contribution in [0.4, 0.5) is 0 Å². The van der Waals surface area contributed by atoms with E-state index in [1.807, 2.05) is 45.9 Å². The number of carbonyl (C=O) groups is 1. The van der Waals surface area contributed by atoms with E-state index in [0.29, 0.717) is 0 Å². The molecule has 0 saturated carbocycles. The second kappa shape index (κ2) is 7.20. The summed E-state index contributed by atoms with van der Waals surface area (Å²) in [5.74, 6) is -0.130. The summed E-state index contributed by atoms with van der Waals surface area (Å²) in [6.45, 7) is 7.87. The highest BCUT2D eigenvalue weighted by Gasteiger charge is 2.23. The van der Waals surface area contributed by atoms with Gasteiger partial charge < -0.3 is 10.1 Å². The van der Waals surface area contributed by atoms with Crippen LogP contribution >= 0.6 is 27.7 Å². The van der Waals surface area contributed by atoms with E-state index < -0.39 is 5.44 Å². The van der Waals surface area contributed by atoms with Crippen molar-refractivity contribution < 1.29 is 9.53 Å². The van der Waals surface area contributed by atoms with E-state index >= 15 is 0 Å². The van der Waals surface area contributed by atoms with Crippen molar-refractivity contribution in [3.63, 3.8) is 0 Å². The number of methoxy groups -OCH3 is 1. The molecule has 0 radical (unpaired) electrons. The number of rotatable bonds is 4. The van der Waals surface area contributed by atoms with Crippen molar-refractivity contribution in [2.75, 3.05) is 7.11 Å². The lowest BCUT2D eigenvalue weighted by atomic mass is 10.1. The van der Waals surface area contributed by atoms with Crippen LogP contribution in [-0.2, 0) is 9.53 Å². The number of hydrogen-bond donors (Lipinski definition) is 1. The predicted octanol–water partition coefficient (Wildman–Crippen LogP) is 4.29. The summed E-state index contributed by atoms with van der Waals surface area (Å²) in [7, 11) is 1.55. The summed E-state index contributed by atoms with van der Waals surface area (Å²) in [6, 6.07) is 6.09. The maximum absolute atomic E-state index is 12.3. The zero-order valence-corrected chi connectivity index (χ0v) is 16.3. The van der Waals surface area contributed by atoms with Gasteiger partial charge in [-0.2, -0.15) is 0 Å². The van der Waals surface area contributed by atoms with Crippen molar-refractivity contribution >= 4 is 44.5 Å². The molecule has 0 aliphatic heterocycles. The van der Waals surface area contributed by atoms with Crippen molar-refractivity contribution in [1.29, 1.82) is 0 Å². The third-order valence-electron chi connectivity index (χ3n) is 3.08. The molecule has 2 aromatic rings. The number of ether oxygens (including phenoxy) is 1. The summed E-state index contributed by atoms with van der Waals surface area (Å²) < 4.78 is 6.29. The molecule has 1 unspecified atom stereocenters. The smallest absolute Gasteiger partial charge is 0.260 e. The molecule has 1 atom stereocenters. The second-order valence-electron chi connectivity index (χ2n) is 6.39. The van der Waals surface area contributed by atoms with E-state index in [1.165, 1.54) is 11.8 Å². The minimum Gasteiger partial charge on any atom is -0.360 e. The number of aryl methyl sites for hydroxylation is 1. The molecule has 4 nitrogen and oxygen atoms in total. The Morgan fingerprint density at radius 2 is 2.04 bits per heavy atom. The van der Waals surface area contributed by atoms with Crippen LogP contribution in [0, 0.1) is 6.92 Å². The van der Waals surface area contributed by atoms with Gasteiger partial charge in [0.1, 0.15) is 0 Å². The molecular weight excluding hydrogens is 376 g/mol. The SMILES string of the molecule is COC(Sc1cc(C)c2ncc(Br)cc2c1)C(=O)NC(C)(C)C. The van der Waals surface area contributed by atoms with Gasteiger partial charge in [0.15, 0.2) is 5.44 Å². The molecule has 0 aliphatic carbocycles. The van der Waals surface area contributed by atoms with Gasteiger partial charge in [-0.25, -0.2) is 0 Å². The Kier molecular flexibility index (Phi) is 5.70. The molecule has 1 heterocycles. The number of pyridine rings is 1. The Hall–Kier alpha value is -1.11. The fourth-order valence-corrected chi connectivity index (χ4v) is 3.50. The van der Waals surface area contributed by atoms with Crippen LogP contribution in [-0.4, -0.2) is 29.0 Å². The van der Waals surface area contributed by atoms with Gasteiger partial charge in [0, 0.05) is 33.6 Å². The number of nitrogens with zero attached hydrogens (tertiary/aromatic N) is 1. The number of thioether (sulfide) groups is 1. The van der Waals surface area contributed by atoms with Crippen molar-refractivity contribution in [2.45, 2.75) is 43.6 Å². The van der Waals surface area contributed by atoms with E-state index in [2.05, 4.69) is 26.2 Å². The maximum Gasteiger partial charge on any atom is 0.260 e. The highest BCUT2D eigenvalue weighted by Crippen LogP contribution is 2.30. The van der Waals surface area contributed by atoms with Gasteiger partial charge >= 0.3 is 0 Å². The number of aromatic nitrogens is 1. The van der Waals surface area contributed by atoms with E-state index in [-0.39, 0.29) is 11.4 Å². The van der Waals surface area contributed by atoms with Crippen molar-refractivity contribution in [3.05, 3.63) is 34.4 Å². The number of carbonyl (C=O) groups excluding carboxylic acids is 1. The van der Waals surface area contributed by atoms with Gasteiger partial charge in [-0.05, 0) is 67.4 Å². The molecule has 0 spiro atoms. The topological polar surface area (TPSA) is 51.2 Å². The molecule has 6 heteroatoms.